The van der Waals surface area contributed by atoms with Gasteiger partial charge in [-0.3, -0.25) is 0 Å². The number of thiazole rings is 1. The Bertz CT molecular complexity index is 609. The summed E-state index contributed by atoms with van der Waals surface area (Å²) in [5.41, 5.74) is 0.688. The molecule has 3 nitrogen and oxygen atoms in total. The molecule has 1 atom stereocenters. The van der Waals surface area contributed by atoms with Gasteiger partial charge in [0.05, 0.1) is 7.11 Å². The molecule has 1 aromatic heterocycles. The summed E-state index contributed by atoms with van der Waals surface area (Å²) in [5.74, 6) is 0.578. The number of nitrogens with zero attached hydrogens (tertiary/aromatic N) is 1. The molecule has 0 spiro atoms. The van der Waals surface area contributed by atoms with Gasteiger partial charge in [0.1, 0.15) is 24.9 Å². The third-order valence-corrected chi connectivity index (χ3v) is 6.15. The van der Waals surface area contributed by atoms with Crippen molar-refractivity contribution in [2.24, 2.45) is 0 Å². The molecule has 0 saturated heterocycles. The predicted molar refractivity (Wildman–Crippen MR) is 87.2 cm³/mol. The van der Waals surface area contributed by atoms with Crippen molar-refractivity contribution < 1.29 is 9.84 Å². The highest BCUT2D eigenvalue weighted by Crippen LogP contribution is 2.32. The number of hydrogen-bond acceptors (Lipinski definition) is 4. The van der Waals surface area contributed by atoms with E-state index in [1.807, 2.05) is 5.38 Å². The standard InChI is InChI=1S/C14H18ClNO2SSi/c1-18-11-7-9(15)5-6-10(11)13(17)14-16-12(8-19-14)20(2,3)4/h5-8,13,17H,1-4H3. The van der Waals surface area contributed by atoms with Crippen molar-refractivity contribution in [1.82, 2.24) is 4.98 Å². The van der Waals surface area contributed by atoms with Crippen molar-refractivity contribution in [3.05, 3.63) is 39.2 Å². The van der Waals surface area contributed by atoms with Gasteiger partial charge in [-0.05, 0) is 12.1 Å². The molecule has 0 saturated carbocycles. The molecular weight excluding hydrogens is 310 g/mol. The second kappa shape index (κ2) is 5.85. The number of ether oxygens (including phenoxy) is 1. The molecule has 108 valence electrons. The fraction of sp³-hybridized carbons (Fsp3) is 0.357. The molecule has 1 aromatic carbocycles. The minimum atomic E-state index is -1.45. The van der Waals surface area contributed by atoms with Crippen LogP contribution in [0, 0.1) is 0 Å². The Kier molecular flexibility index (Phi) is 4.54. The van der Waals surface area contributed by atoms with E-state index in [1.165, 1.54) is 11.3 Å². The minimum Gasteiger partial charge on any atom is -0.496 e. The van der Waals surface area contributed by atoms with Crippen molar-refractivity contribution in [3.63, 3.8) is 0 Å². The van der Waals surface area contributed by atoms with Crippen LogP contribution in [-0.2, 0) is 0 Å². The van der Waals surface area contributed by atoms with Crippen molar-refractivity contribution in [2.75, 3.05) is 7.11 Å². The van der Waals surface area contributed by atoms with Gasteiger partial charge in [-0.15, -0.1) is 11.3 Å². The lowest BCUT2D eigenvalue weighted by Crippen LogP contribution is -2.38. The van der Waals surface area contributed by atoms with Crippen molar-refractivity contribution in [1.29, 1.82) is 0 Å². The van der Waals surface area contributed by atoms with E-state index in [1.54, 1.807) is 25.3 Å². The number of hydrogen-bond donors (Lipinski definition) is 1. The number of aliphatic hydroxyl groups excluding tert-OH is 1. The predicted octanol–water partition coefficient (Wildman–Crippen LogP) is 3.43. The summed E-state index contributed by atoms with van der Waals surface area (Å²) < 4.78 is 5.28. The van der Waals surface area contributed by atoms with Crippen molar-refractivity contribution in [3.8, 4) is 5.75 Å². The molecule has 0 radical (unpaired) electrons. The highest BCUT2D eigenvalue weighted by Gasteiger charge is 2.24. The zero-order chi connectivity index (χ0) is 14.9. The van der Waals surface area contributed by atoms with E-state index in [0.717, 1.165) is 5.32 Å². The van der Waals surface area contributed by atoms with Gasteiger partial charge in [-0.25, -0.2) is 4.98 Å². The summed E-state index contributed by atoms with van der Waals surface area (Å²) in [4.78, 5) is 4.60. The molecule has 2 rings (SSSR count). The van der Waals surface area contributed by atoms with Crippen LogP contribution in [0.2, 0.25) is 24.7 Å². The zero-order valence-electron chi connectivity index (χ0n) is 12.0. The lowest BCUT2D eigenvalue weighted by atomic mass is 10.1. The molecule has 0 aliphatic carbocycles. The highest BCUT2D eigenvalue weighted by atomic mass is 35.5. The minimum absolute atomic E-state index is 0.578. The van der Waals surface area contributed by atoms with Crippen LogP contribution in [0.5, 0.6) is 5.75 Å². The first-order valence-electron chi connectivity index (χ1n) is 6.30. The molecule has 1 heterocycles. The van der Waals surface area contributed by atoms with Crippen LogP contribution in [-0.4, -0.2) is 25.3 Å². The summed E-state index contributed by atoms with van der Waals surface area (Å²) in [7, 11) is 0.112. The highest BCUT2D eigenvalue weighted by molar-refractivity contribution is 7.11. The number of aromatic nitrogens is 1. The van der Waals surface area contributed by atoms with E-state index in [-0.39, 0.29) is 0 Å². The maximum Gasteiger partial charge on any atom is 0.134 e. The van der Waals surface area contributed by atoms with Crippen LogP contribution in [0.1, 0.15) is 16.7 Å². The van der Waals surface area contributed by atoms with Gasteiger partial charge in [-0.1, -0.05) is 37.3 Å². The molecule has 0 amide bonds. The van der Waals surface area contributed by atoms with Crippen LogP contribution in [0.25, 0.3) is 0 Å². The van der Waals surface area contributed by atoms with Crippen LogP contribution in [0.3, 0.4) is 0 Å². The van der Waals surface area contributed by atoms with Gasteiger partial charge in [0.25, 0.3) is 0 Å². The Balaban J connectivity index is 2.36. The number of aliphatic hydroxyl groups is 1. The molecular formula is C14H18ClNO2SSi. The number of benzene rings is 1. The SMILES string of the molecule is COc1cc(Cl)ccc1C(O)c1nc([Si](C)(C)C)cs1. The van der Waals surface area contributed by atoms with Gasteiger partial charge in [0.2, 0.25) is 0 Å². The average molecular weight is 328 g/mol. The van der Waals surface area contributed by atoms with Crippen LogP contribution < -0.4 is 10.1 Å². The molecule has 20 heavy (non-hydrogen) atoms. The summed E-state index contributed by atoms with van der Waals surface area (Å²) in [6, 6.07) is 5.23. The Morgan fingerprint density at radius 1 is 1.35 bits per heavy atom. The second-order valence-electron chi connectivity index (χ2n) is 5.61. The number of rotatable bonds is 4. The fourth-order valence-corrected chi connectivity index (χ4v) is 4.78. The summed E-state index contributed by atoms with van der Waals surface area (Å²) in [5, 5.41) is 15.0. The van der Waals surface area contributed by atoms with Crippen LogP contribution >= 0.6 is 22.9 Å². The summed E-state index contributed by atoms with van der Waals surface area (Å²) in [6.07, 6.45) is -0.780. The van der Waals surface area contributed by atoms with E-state index in [9.17, 15) is 5.11 Å². The summed E-state index contributed by atoms with van der Waals surface area (Å²) >= 11 is 7.43. The van der Waals surface area contributed by atoms with E-state index < -0.39 is 14.2 Å². The maximum atomic E-state index is 10.5. The van der Waals surface area contributed by atoms with E-state index >= 15 is 0 Å². The Morgan fingerprint density at radius 3 is 2.60 bits per heavy atom. The normalized spacial score (nSPS) is 13.3. The third kappa shape index (κ3) is 3.23. The van der Waals surface area contributed by atoms with E-state index in [4.69, 9.17) is 16.3 Å². The molecule has 1 N–H and O–H groups in total. The van der Waals surface area contributed by atoms with Gasteiger partial charge >= 0.3 is 0 Å². The topological polar surface area (TPSA) is 42.4 Å². The number of halogens is 1. The zero-order valence-corrected chi connectivity index (χ0v) is 14.5. The van der Waals surface area contributed by atoms with Gasteiger partial charge in [0, 0.05) is 21.3 Å². The van der Waals surface area contributed by atoms with Crippen LogP contribution in [0.15, 0.2) is 23.6 Å². The van der Waals surface area contributed by atoms with E-state index in [0.29, 0.717) is 21.3 Å². The first-order chi connectivity index (χ1) is 9.32. The molecule has 0 aliphatic heterocycles. The molecule has 0 bridgehead atoms. The van der Waals surface area contributed by atoms with Crippen LogP contribution in [0.4, 0.5) is 0 Å². The fourth-order valence-electron chi connectivity index (χ4n) is 1.80. The third-order valence-electron chi connectivity index (χ3n) is 3.01. The lowest BCUT2D eigenvalue weighted by molar-refractivity contribution is 0.214. The Morgan fingerprint density at radius 2 is 2.05 bits per heavy atom. The first kappa shape index (κ1) is 15.5. The van der Waals surface area contributed by atoms with E-state index in [2.05, 4.69) is 24.6 Å². The largest absolute Gasteiger partial charge is 0.496 e. The Hall–Kier alpha value is -0.883. The molecule has 2 aromatic rings. The van der Waals surface area contributed by atoms with Crippen molar-refractivity contribution in [2.45, 2.75) is 25.7 Å². The monoisotopic (exact) mass is 327 g/mol. The molecule has 6 heteroatoms. The smallest absolute Gasteiger partial charge is 0.134 e. The number of methoxy groups -OCH3 is 1. The first-order valence-corrected chi connectivity index (χ1v) is 11.1. The van der Waals surface area contributed by atoms with Gasteiger partial charge in [0.15, 0.2) is 0 Å². The molecule has 0 fully saturated rings. The quantitative estimate of drug-likeness (QED) is 0.875. The van der Waals surface area contributed by atoms with Crippen molar-refractivity contribution >= 4 is 36.3 Å². The second-order valence-corrected chi connectivity index (χ2v) is 11.9. The summed E-state index contributed by atoms with van der Waals surface area (Å²) in [6.45, 7) is 6.71. The molecule has 0 aliphatic rings. The lowest BCUT2D eigenvalue weighted by Gasteiger charge is -2.14. The average Bonchev–Trinajstić information content (AvgIpc) is 2.87. The van der Waals surface area contributed by atoms with Gasteiger partial charge < -0.3 is 9.84 Å². The molecule has 1 unspecified atom stereocenters. The van der Waals surface area contributed by atoms with Gasteiger partial charge in [-0.2, -0.15) is 0 Å². The maximum absolute atomic E-state index is 10.5. The Labute approximate surface area is 129 Å².